The lowest BCUT2D eigenvalue weighted by atomic mass is 9.98. The van der Waals surface area contributed by atoms with Gasteiger partial charge in [0.2, 0.25) is 5.95 Å². The fraction of sp³-hybridized carbons (Fsp3) is 0.185. The lowest BCUT2D eigenvalue weighted by molar-refractivity contribution is -0.147. The standard InChI is InChI=1S/C27H25N5O4/c28-22(14-33)26(35)36-15-19-7-3-4-8-20(19)16-9-10-23-21(11-16)24(31-27(29)30-23)25(34)32-12-17-5-1-2-6-18(17)13-32/h1-11,22,33H,12-15,28H2,(H2,29,30,31). The number of fused-ring (bicyclic) bond motifs is 2. The fourth-order valence-corrected chi connectivity index (χ4v) is 4.36. The third-order valence-corrected chi connectivity index (χ3v) is 6.24. The zero-order valence-corrected chi connectivity index (χ0v) is 19.4. The normalized spacial score (nSPS) is 13.4. The molecule has 1 aliphatic heterocycles. The van der Waals surface area contributed by atoms with Crippen LogP contribution in [0.4, 0.5) is 5.95 Å². The van der Waals surface area contributed by atoms with Gasteiger partial charge in [0.05, 0.1) is 12.1 Å². The van der Waals surface area contributed by atoms with Crippen LogP contribution in [0.15, 0.2) is 66.7 Å². The van der Waals surface area contributed by atoms with Gasteiger partial charge in [0.25, 0.3) is 5.91 Å². The average molecular weight is 484 g/mol. The number of nitrogen functional groups attached to an aromatic ring is 1. The van der Waals surface area contributed by atoms with Gasteiger partial charge < -0.3 is 26.2 Å². The summed E-state index contributed by atoms with van der Waals surface area (Å²) in [6, 6.07) is 19.8. The van der Waals surface area contributed by atoms with E-state index in [0.717, 1.165) is 27.8 Å². The van der Waals surface area contributed by atoms with E-state index in [9.17, 15) is 9.59 Å². The van der Waals surface area contributed by atoms with Crippen LogP contribution in [0.5, 0.6) is 0 Å². The quantitative estimate of drug-likeness (QED) is 0.355. The Kier molecular flexibility index (Phi) is 6.32. The number of aromatic nitrogens is 2. The van der Waals surface area contributed by atoms with Crippen molar-refractivity contribution < 1.29 is 19.4 Å². The molecule has 0 bridgehead atoms. The van der Waals surface area contributed by atoms with E-state index in [1.165, 1.54) is 0 Å². The summed E-state index contributed by atoms with van der Waals surface area (Å²) < 4.78 is 5.28. The van der Waals surface area contributed by atoms with Crippen molar-refractivity contribution in [3.05, 3.63) is 89.1 Å². The van der Waals surface area contributed by atoms with Crippen LogP contribution in [-0.2, 0) is 29.2 Å². The second-order valence-electron chi connectivity index (χ2n) is 8.65. The Balaban J connectivity index is 1.50. The minimum Gasteiger partial charge on any atom is -0.460 e. The molecule has 0 saturated heterocycles. The van der Waals surface area contributed by atoms with Crippen molar-refractivity contribution in [2.75, 3.05) is 12.3 Å². The van der Waals surface area contributed by atoms with Gasteiger partial charge in [0.15, 0.2) is 0 Å². The first-order chi connectivity index (χ1) is 17.4. The van der Waals surface area contributed by atoms with Gasteiger partial charge in [0, 0.05) is 18.5 Å². The van der Waals surface area contributed by atoms with E-state index in [1.54, 1.807) is 11.0 Å². The van der Waals surface area contributed by atoms with E-state index < -0.39 is 18.6 Å². The molecule has 0 fully saturated rings. The summed E-state index contributed by atoms with van der Waals surface area (Å²) >= 11 is 0. The van der Waals surface area contributed by atoms with E-state index in [0.29, 0.717) is 24.0 Å². The summed E-state index contributed by atoms with van der Waals surface area (Å²) in [6.45, 7) is 0.499. The van der Waals surface area contributed by atoms with E-state index in [2.05, 4.69) is 9.97 Å². The molecule has 1 unspecified atom stereocenters. The number of anilines is 1. The number of nitrogens with two attached hydrogens (primary N) is 2. The van der Waals surface area contributed by atoms with Crippen molar-refractivity contribution in [2.24, 2.45) is 5.73 Å². The molecule has 1 atom stereocenters. The molecule has 0 radical (unpaired) electrons. The van der Waals surface area contributed by atoms with E-state index >= 15 is 0 Å². The predicted octanol–water partition coefficient (Wildman–Crippen LogP) is 2.40. The maximum Gasteiger partial charge on any atom is 0.325 e. The lowest BCUT2D eigenvalue weighted by Gasteiger charge is -2.17. The molecule has 1 aliphatic rings. The van der Waals surface area contributed by atoms with Crippen LogP contribution in [0, 0.1) is 0 Å². The Bertz CT molecular complexity index is 1450. The monoisotopic (exact) mass is 483 g/mol. The number of aliphatic hydroxyl groups is 1. The molecule has 1 amide bonds. The molecular formula is C27H25N5O4. The Labute approximate surface area is 207 Å². The summed E-state index contributed by atoms with van der Waals surface area (Å²) in [5.41, 5.74) is 16.9. The highest BCUT2D eigenvalue weighted by atomic mass is 16.5. The fourth-order valence-electron chi connectivity index (χ4n) is 4.36. The van der Waals surface area contributed by atoms with Gasteiger partial charge in [-0.25, -0.2) is 9.97 Å². The Morgan fingerprint density at radius 3 is 2.42 bits per heavy atom. The molecular weight excluding hydrogens is 458 g/mol. The highest BCUT2D eigenvalue weighted by molar-refractivity contribution is 6.06. The smallest absolute Gasteiger partial charge is 0.325 e. The summed E-state index contributed by atoms with van der Waals surface area (Å²) in [5.74, 6) is -0.875. The van der Waals surface area contributed by atoms with Crippen LogP contribution < -0.4 is 11.5 Å². The molecule has 0 spiro atoms. The topological polar surface area (TPSA) is 145 Å². The van der Waals surface area contributed by atoms with Gasteiger partial charge in [-0.3, -0.25) is 9.59 Å². The first kappa shape index (κ1) is 23.4. The third-order valence-electron chi connectivity index (χ3n) is 6.24. The van der Waals surface area contributed by atoms with Crippen molar-refractivity contribution >= 4 is 28.7 Å². The maximum absolute atomic E-state index is 13.6. The second-order valence-corrected chi connectivity index (χ2v) is 8.65. The Hall–Kier alpha value is -4.34. The molecule has 9 heteroatoms. The largest absolute Gasteiger partial charge is 0.460 e. The van der Waals surface area contributed by atoms with Crippen LogP contribution in [0.2, 0.25) is 0 Å². The molecule has 0 saturated carbocycles. The second kappa shape index (κ2) is 9.73. The van der Waals surface area contributed by atoms with Gasteiger partial charge in [0.1, 0.15) is 18.3 Å². The van der Waals surface area contributed by atoms with Crippen molar-refractivity contribution in [1.29, 1.82) is 0 Å². The molecule has 4 aromatic rings. The van der Waals surface area contributed by atoms with Gasteiger partial charge >= 0.3 is 5.97 Å². The van der Waals surface area contributed by atoms with Crippen LogP contribution in [0.3, 0.4) is 0 Å². The Morgan fingerprint density at radius 1 is 1.00 bits per heavy atom. The summed E-state index contributed by atoms with van der Waals surface area (Å²) in [7, 11) is 0. The van der Waals surface area contributed by atoms with Crippen LogP contribution in [0.25, 0.3) is 22.0 Å². The van der Waals surface area contributed by atoms with Crippen LogP contribution >= 0.6 is 0 Å². The zero-order chi connectivity index (χ0) is 25.2. The number of esters is 1. The number of hydrogen-bond donors (Lipinski definition) is 3. The molecule has 1 aromatic heterocycles. The number of carbonyl (C=O) groups is 2. The highest BCUT2D eigenvalue weighted by Gasteiger charge is 2.27. The first-order valence-electron chi connectivity index (χ1n) is 11.5. The number of nitrogens with zero attached hydrogens (tertiary/aromatic N) is 3. The summed E-state index contributed by atoms with van der Waals surface area (Å²) in [6.07, 6.45) is 0. The van der Waals surface area contributed by atoms with Gasteiger partial charge in [-0.05, 0) is 39.9 Å². The molecule has 3 aromatic carbocycles. The number of amides is 1. The number of hydrogen-bond acceptors (Lipinski definition) is 8. The van der Waals surface area contributed by atoms with E-state index in [4.69, 9.17) is 21.3 Å². The van der Waals surface area contributed by atoms with Gasteiger partial charge in [-0.2, -0.15) is 0 Å². The number of ether oxygens (including phenoxy) is 1. The third kappa shape index (κ3) is 4.49. The summed E-state index contributed by atoms with van der Waals surface area (Å²) in [4.78, 5) is 35.9. The minimum atomic E-state index is -1.09. The maximum atomic E-state index is 13.6. The molecule has 36 heavy (non-hydrogen) atoms. The summed E-state index contributed by atoms with van der Waals surface area (Å²) in [5, 5.41) is 9.66. The Morgan fingerprint density at radius 2 is 1.69 bits per heavy atom. The van der Waals surface area contributed by atoms with E-state index in [-0.39, 0.29) is 24.2 Å². The molecule has 0 aliphatic carbocycles. The van der Waals surface area contributed by atoms with E-state index in [1.807, 2.05) is 60.7 Å². The van der Waals surface area contributed by atoms with Crippen molar-refractivity contribution in [3.8, 4) is 11.1 Å². The SMILES string of the molecule is Nc1nc(C(=O)N2Cc3ccccc3C2)c2cc(-c3ccccc3COC(=O)C(N)CO)ccc2n1. The first-order valence-corrected chi connectivity index (χ1v) is 11.5. The van der Waals surface area contributed by atoms with Gasteiger partial charge in [-0.15, -0.1) is 0 Å². The van der Waals surface area contributed by atoms with Crippen molar-refractivity contribution in [3.63, 3.8) is 0 Å². The molecule has 2 heterocycles. The molecule has 9 nitrogen and oxygen atoms in total. The zero-order valence-electron chi connectivity index (χ0n) is 19.4. The molecule has 5 N–H and O–H groups in total. The number of aliphatic hydroxyl groups excluding tert-OH is 1. The van der Waals surface area contributed by atoms with Crippen molar-refractivity contribution in [2.45, 2.75) is 25.7 Å². The minimum absolute atomic E-state index is 0.0171. The molecule has 182 valence electrons. The predicted molar refractivity (Wildman–Crippen MR) is 134 cm³/mol. The average Bonchev–Trinajstić information content (AvgIpc) is 3.34. The lowest BCUT2D eigenvalue weighted by Crippen LogP contribution is -2.35. The molecule has 5 rings (SSSR count). The number of rotatable bonds is 6. The number of carbonyl (C=O) groups excluding carboxylic acids is 2. The van der Waals surface area contributed by atoms with Crippen LogP contribution in [0.1, 0.15) is 27.2 Å². The van der Waals surface area contributed by atoms with Gasteiger partial charge in [-0.1, -0.05) is 54.6 Å². The van der Waals surface area contributed by atoms with Crippen molar-refractivity contribution in [1.82, 2.24) is 14.9 Å². The number of benzene rings is 3. The highest BCUT2D eigenvalue weighted by Crippen LogP contribution is 2.31. The van der Waals surface area contributed by atoms with Crippen LogP contribution in [-0.4, -0.2) is 44.5 Å².